The van der Waals surface area contributed by atoms with E-state index in [1.807, 2.05) is 0 Å². The van der Waals surface area contributed by atoms with Gasteiger partial charge < -0.3 is 28.4 Å². The van der Waals surface area contributed by atoms with E-state index >= 15 is 0 Å². The van der Waals surface area contributed by atoms with Crippen molar-refractivity contribution in [1.29, 1.82) is 0 Å². The molecule has 23 heavy (non-hydrogen) atoms. The van der Waals surface area contributed by atoms with Gasteiger partial charge in [0.05, 0.1) is 7.11 Å². The smallest absolute Gasteiger partial charge is 0.339 e. The molecule has 2 fully saturated rings. The third-order valence-corrected chi connectivity index (χ3v) is 3.35. The molecule has 0 saturated carbocycles. The predicted molar refractivity (Wildman–Crippen MR) is 71.8 cm³/mol. The number of fused-ring (bicyclic) bond motifs is 1. The van der Waals surface area contributed by atoms with E-state index in [4.69, 9.17) is 23.7 Å². The van der Waals surface area contributed by atoms with Crippen LogP contribution in [0.3, 0.4) is 0 Å². The van der Waals surface area contributed by atoms with E-state index in [-0.39, 0.29) is 0 Å². The van der Waals surface area contributed by atoms with E-state index in [0.29, 0.717) is 0 Å². The molecule has 0 spiro atoms. The lowest BCUT2D eigenvalue weighted by atomic mass is 9.98. The lowest BCUT2D eigenvalue weighted by Gasteiger charge is -2.39. The highest BCUT2D eigenvalue weighted by atomic mass is 16.8. The Labute approximate surface area is 133 Å². The van der Waals surface area contributed by atoms with Crippen LogP contribution in [0.5, 0.6) is 0 Å². The fourth-order valence-corrected chi connectivity index (χ4v) is 2.62. The minimum Gasteiger partial charge on any atom is -0.467 e. The standard InChI is InChI=1S/C14H20O9/c1-6(15)19-8-9(20-7(2)16)11-13(23-14(3,4)22-11)21-10(8)12(17)18-5/h8-11,13H,1-5H3/t8-,9+,10+,11-,13-/m1/s1. The molecule has 2 aliphatic heterocycles. The highest BCUT2D eigenvalue weighted by Gasteiger charge is 2.59. The van der Waals surface area contributed by atoms with E-state index < -0.39 is 54.4 Å². The van der Waals surface area contributed by atoms with Gasteiger partial charge in [0.15, 0.2) is 36.5 Å². The van der Waals surface area contributed by atoms with Crippen LogP contribution in [0, 0.1) is 0 Å². The molecule has 0 aromatic heterocycles. The number of methoxy groups -OCH3 is 1. The first kappa shape index (κ1) is 17.6. The van der Waals surface area contributed by atoms with Gasteiger partial charge in [0, 0.05) is 13.8 Å². The van der Waals surface area contributed by atoms with Crippen LogP contribution in [0.4, 0.5) is 0 Å². The van der Waals surface area contributed by atoms with Crippen LogP contribution in [0.25, 0.3) is 0 Å². The molecule has 0 bridgehead atoms. The maximum absolute atomic E-state index is 12.0. The molecule has 0 radical (unpaired) electrons. The number of esters is 3. The second-order valence-corrected chi connectivity index (χ2v) is 5.70. The van der Waals surface area contributed by atoms with Crippen molar-refractivity contribution >= 4 is 17.9 Å². The van der Waals surface area contributed by atoms with Gasteiger partial charge >= 0.3 is 17.9 Å². The van der Waals surface area contributed by atoms with Gasteiger partial charge in [-0.15, -0.1) is 0 Å². The average molecular weight is 332 g/mol. The molecule has 2 aliphatic rings. The average Bonchev–Trinajstić information content (AvgIpc) is 2.73. The summed E-state index contributed by atoms with van der Waals surface area (Å²) >= 11 is 0. The Morgan fingerprint density at radius 3 is 2.04 bits per heavy atom. The zero-order valence-electron chi connectivity index (χ0n) is 13.6. The molecular formula is C14H20O9. The van der Waals surface area contributed by atoms with Gasteiger partial charge in [0.2, 0.25) is 0 Å². The molecule has 9 heteroatoms. The summed E-state index contributed by atoms with van der Waals surface area (Å²) in [6, 6.07) is 0. The summed E-state index contributed by atoms with van der Waals surface area (Å²) in [7, 11) is 1.17. The SMILES string of the molecule is COC(=O)[C@H]1O[C@@H]2OC(C)(C)O[C@@H]2[C@@H](OC(C)=O)[C@H]1OC(C)=O. The van der Waals surface area contributed by atoms with Gasteiger partial charge in [-0.05, 0) is 13.8 Å². The summed E-state index contributed by atoms with van der Waals surface area (Å²) in [5, 5.41) is 0. The van der Waals surface area contributed by atoms with Gasteiger partial charge in [0.25, 0.3) is 0 Å². The molecule has 2 rings (SSSR count). The molecule has 0 aromatic carbocycles. The Balaban J connectivity index is 2.36. The van der Waals surface area contributed by atoms with E-state index in [1.165, 1.54) is 21.0 Å². The zero-order chi connectivity index (χ0) is 17.4. The van der Waals surface area contributed by atoms with Crippen molar-refractivity contribution < 1.29 is 42.8 Å². The largest absolute Gasteiger partial charge is 0.467 e. The van der Waals surface area contributed by atoms with E-state index in [0.717, 1.165) is 0 Å². The highest BCUT2D eigenvalue weighted by Crippen LogP contribution is 2.38. The highest BCUT2D eigenvalue weighted by molar-refractivity contribution is 5.77. The van der Waals surface area contributed by atoms with Gasteiger partial charge in [0.1, 0.15) is 0 Å². The maximum Gasteiger partial charge on any atom is 0.339 e. The summed E-state index contributed by atoms with van der Waals surface area (Å²) in [4.78, 5) is 34.8. The molecule has 0 aliphatic carbocycles. The molecule has 0 N–H and O–H groups in total. The zero-order valence-corrected chi connectivity index (χ0v) is 13.6. The fraction of sp³-hybridized carbons (Fsp3) is 0.786. The van der Waals surface area contributed by atoms with Gasteiger partial charge in [-0.3, -0.25) is 9.59 Å². The summed E-state index contributed by atoms with van der Waals surface area (Å²) in [6.07, 6.45) is -5.39. The normalized spacial score (nSPS) is 35.1. The number of hydrogen-bond acceptors (Lipinski definition) is 9. The second-order valence-electron chi connectivity index (χ2n) is 5.70. The van der Waals surface area contributed by atoms with Crippen LogP contribution in [0.15, 0.2) is 0 Å². The minimum atomic E-state index is -1.30. The molecule has 0 amide bonds. The van der Waals surface area contributed by atoms with Crippen molar-refractivity contribution in [2.24, 2.45) is 0 Å². The Morgan fingerprint density at radius 2 is 1.52 bits per heavy atom. The molecule has 0 aromatic rings. The van der Waals surface area contributed by atoms with Crippen LogP contribution in [-0.4, -0.2) is 61.5 Å². The van der Waals surface area contributed by atoms with Crippen LogP contribution in [0.2, 0.25) is 0 Å². The topological polar surface area (TPSA) is 107 Å². The molecular weight excluding hydrogens is 312 g/mol. The molecule has 2 saturated heterocycles. The number of rotatable bonds is 3. The monoisotopic (exact) mass is 332 g/mol. The lowest BCUT2D eigenvalue weighted by Crippen LogP contribution is -2.61. The van der Waals surface area contributed by atoms with Crippen LogP contribution in [-0.2, 0) is 42.8 Å². The molecule has 130 valence electrons. The van der Waals surface area contributed by atoms with Gasteiger partial charge in [-0.1, -0.05) is 0 Å². The third-order valence-electron chi connectivity index (χ3n) is 3.35. The van der Waals surface area contributed by atoms with Crippen LogP contribution < -0.4 is 0 Å². The lowest BCUT2D eigenvalue weighted by molar-refractivity contribution is -0.260. The first-order valence-corrected chi connectivity index (χ1v) is 7.08. The first-order chi connectivity index (χ1) is 10.6. The van der Waals surface area contributed by atoms with Crippen molar-refractivity contribution in [3.05, 3.63) is 0 Å². The maximum atomic E-state index is 12.0. The van der Waals surface area contributed by atoms with Gasteiger partial charge in [-0.25, -0.2) is 4.79 Å². The molecule has 2 heterocycles. The summed E-state index contributed by atoms with van der Waals surface area (Å²) in [5.74, 6) is -3.08. The van der Waals surface area contributed by atoms with Crippen molar-refractivity contribution in [2.75, 3.05) is 7.11 Å². The van der Waals surface area contributed by atoms with Crippen molar-refractivity contribution in [1.82, 2.24) is 0 Å². The first-order valence-electron chi connectivity index (χ1n) is 7.08. The van der Waals surface area contributed by atoms with E-state index in [1.54, 1.807) is 13.8 Å². The second kappa shape index (κ2) is 6.42. The molecule has 0 unspecified atom stereocenters. The number of hydrogen-bond donors (Lipinski definition) is 0. The Bertz CT molecular complexity index is 500. The summed E-state index contributed by atoms with van der Waals surface area (Å²) < 4.78 is 31.8. The van der Waals surface area contributed by atoms with Crippen molar-refractivity contribution in [3.63, 3.8) is 0 Å². The predicted octanol–water partition coefficient (Wildman–Crippen LogP) is -0.101. The quantitative estimate of drug-likeness (QED) is 0.517. The number of carbonyl (C=O) groups is 3. The Kier molecular flexibility index (Phi) is 4.92. The number of carbonyl (C=O) groups excluding carboxylic acids is 3. The van der Waals surface area contributed by atoms with Gasteiger partial charge in [-0.2, -0.15) is 0 Å². The fourth-order valence-electron chi connectivity index (χ4n) is 2.62. The van der Waals surface area contributed by atoms with Crippen LogP contribution >= 0.6 is 0 Å². The number of ether oxygens (including phenoxy) is 6. The minimum absolute atomic E-state index is 0.621. The van der Waals surface area contributed by atoms with Crippen molar-refractivity contribution in [2.45, 2.75) is 64.2 Å². The Morgan fingerprint density at radius 1 is 0.957 bits per heavy atom. The van der Waals surface area contributed by atoms with Crippen LogP contribution in [0.1, 0.15) is 27.7 Å². The third kappa shape index (κ3) is 3.80. The summed E-state index contributed by atoms with van der Waals surface area (Å²) in [5.41, 5.74) is 0. The molecule has 5 atom stereocenters. The van der Waals surface area contributed by atoms with Crippen molar-refractivity contribution in [3.8, 4) is 0 Å². The van der Waals surface area contributed by atoms with E-state index in [2.05, 4.69) is 4.74 Å². The molecule has 9 nitrogen and oxygen atoms in total. The Hall–Kier alpha value is -1.71. The van der Waals surface area contributed by atoms with E-state index in [9.17, 15) is 14.4 Å². The summed E-state index contributed by atoms with van der Waals surface area (Å²) in [6.45, 7) is 5.66.